The molecule has 31 heavy (non-hydrogen) atoms. The van der Waals surface area contributed by atoms with E-state index in [1.165, 1.54) is 0 Å². The molecule has 3 aromatic rings. The minimum Gasteiger partial charge on any atom is -0.494 e. The molecule has 2 aromatic heterocycles. The molecule has 1 amide bonds. The molecule has 1 aromatic carbocycles. The van der Waals surface area contributed by atoms with Gasteiger partial charge in [-0.3, -0.25) is 14.7 Å². The molecule has 0 bridgehead atoms. The van der Waals surface area contributed by atoms with Gasteiger partial charge in [-0.2, -0.15) is 0 Å². The summed E-state index contributed by atoms with van der Waals surface area (Å²) >= 11 is 0. The maximum atomic E-state index is 12.4. The molecular weight excluding hydrogens is 416 g/mol. The van der Waals surface area contributed by atoms with Crippen LogP contribution in [0.4, 0.5) is 0 Å². The van der Waals surface area contributed by atoms with Gasteiger partial charge in [0, 0.05) is 42.0 Å². The van der Waals surface area contributed by atoms with Gasteiger partial charge in [-0.15, -0.1) is 0 Å². The van der Waals surface area contributed by atoms with Gasteiger partial charge in [0.1, 0.15) is 9.84 Å². The van der Waals surface area contributed by atoms with Crippen molar-refractivity contribution in [3.63, 3.8) is 0 Å². The van der Waals surface area contributed by atoms with Crippen LogP contribution in [0.15, 0.2) is 36.5 Å². The summed E-state index contributed by atoms with van der Waals surface area (Å²) in [4.78, 5) is 22.2. The molecule has 0 aliphatic heterocycles. The van der Waals surface area contributed by atoms with Crippen LogP contribution in [0.25, 0.3) is 22.2 Å². The number of pyridine rings is 1. The Labute approximate surface area is 182 Å². The topological polar surface area (TPSA) is 115 Å². The van der Waals surface area contributed by atoms with E-state index in [-0.39, 0.29) is 24.1 Å². The van der Waals surface area contributed by atoms with Gasteiger partial charge >= 0.3 is 0 Å². The molecule has 166 valence electrons. The Bertz CT molecular complexity index is 1170. The first-order valence-electron chi connectivity index (χ1n) is 10.2. The number of nitrogens with one attached hydrogen (secondary N) is 2. The van der Waals surface area contributed by atoms with Gasteiger partial charge in [0.25, 0.3) is 5.91 Å². The number of hydrogen-bond acceptors (Lipinski definition) is 6. The molecule has 0 spiro atoms. The maximum absolute atomic E-state index is 12.4. The highest BCUT2D eigenvalue weighted by Crippen LogP contribution is 2.36. The number of rotatable bonds is 9. The van der Waals surface area contributed by atoms with Gasteiger partial charge in [0.05, 0.1) is 17.0 Å². The van der Waals surface area contributed by atoms with E-state index in [4.69, 9.17) is 0 Å². The Hall–Kier alpha value is -2.91. The van der Waals surface area contributed by atoms with Crippen LogP contribution in [0.2, 0.25) is 0 Å². The van der Waals surface area contributed by atoms with Crippen molar-refractivity contribution in [1.29, 1.82) is 0 Å². The standard InChI is InChI=1S/C22H28N4O4S/c1-4-26(5-2)14-15-6-8-19(24-13-15)20-17-12-16(7-9-18(17)25-22(20)28)21(27)23-10-11-31(3,29)30/h6-9,12-13,25,28H,4-5,10-11,14H2,1-3H3,(H,23,27). The third-order valence-corrected chi connectivity index (χ3v) is 6.13. The van der Waals surface area contributed by atoms with Crippen molar-refractivity contribution in [2.24, 2.45) is 0 Å². The minimum absolute atomic E-state index is 0.0198. The first-order chi connectivity index (χ1) is 14.7. The summed E-state index contributed by atoms with van der Waals surface area (Å²) in [6.45, 7) is 6.98. The molecular formula is C22H28N4O4S. The summed E-state index contributed by atoms with van der Waals surface area (Å²) in [6, 6.07) is 8.85. The van der Waals surface area contributed by atoms with E-state index < -0.39 is 9.84 Å². The van der Waals surface area contributed by atoms with Crippen LogP contribution in [0.1, 0.15) is 29.8 Å². The number of benzene rings is 1. The molecule has 0 saturated carbocycles. The fourth-order valence-corrected chi connectivity index (χ4v) is 3.87. The zero-order chi connectivity index (χ0) is 22.6. The van der Waals surface area contributed by atoms with Gasteiger partial charge in [-0.25, -0.2) is 8.42 Å². The predicted molar refractivity (Wildman–Crippen MR) is 122 cm³/mol. The van der Waals surface area contributed by atoms with Crippen molar-refractivity contribution in [1.82, 2.24) is 20.2 Å². The van der Waals surface area contributed by atoms with E-state index in [2.05, 4.69) is 34.0 Å². The minimum atomic E-state index is -3.15. The quantitative estimate of drug-likeness (QED) is 0.467. The fraction of sp³-hybridized carbons (Fsp3) is 0.364. The summed E-state index contributed by atoms with van der Waals surface area (Å²) < 4.78 is 22.5. The number of H-pyrrole nitrogens is 1. The average molecular weight is 445 g/mol. The number of hydrogen-bond donors (Lipinski definition) is 3. The molecule has 3 N–H and O–H groups in total. The molecule has 0 saturated heterocycles. The van der Waals surface area contributed by atoms with E-state index in [9.17, 15) is 18.3 Å². The van der Waals surface area contributed by atoms with Crippen molar-refractivity contribution in [3.8, 4) is 17.1 Å². The predicted octanol–water partition coefficient (Wildman–Crippen LogP) is 2.55. The maximum Gasteiger partial charge on any atom is 0.251 e. The van der Waals surface area contributed by atoms with Crippen LogP contribution >= 0.6 is 0 Å². The van der Waals surface area contributed by atoms with E-state index in [1.807, 2.05) is 12.1 Å². The second kappa shape index (κ2) is 9.49. The Balaban J connectivity index is 1.86. The molecule has 9 heteroatoms. The zero-order valence-electron chi connectivity index (χ0n) is 18.0. The smallest absolute Gasteiger partial charge is 0.251 e. The average Bonchev–Trinajstić information content (AvgIpc) is 3.06. The highest BCUT2D eigenvalue weighted by molar-refractivity contribution is 7.90. The van der Waals surface area contributed by atoms with Crippen molar-refractivity contribution in [2.75, 3.05) is 31.6 Å². The zero-order valence-corrected chi connectivity index (χ0v) is 18.8. The summed E-state index contributed by atoms with van der Waals surface area (Å²) in [5.41, 5.74) is 3.25. The van der Waals surface area contributed by atoms with Crippen LogP contribution in [-0.2, 0) is 16.4 Å². The van der Waals surface area contributed by atoms with Crippen LogP contribution in [0.5, 0.6) is 5.88 Å². The van der Waals surface area contributed by atoms with E-state index in [0.29, 0.717) is 27.7 Å². The fourth-order valence-electron chi connectivity index (χ4n) is 3.40. The highest BCUT2D eigenvalue weighted by Gasteiger charge is 2.17. The molecule has 0 unspecified atom stereocenters. The van der Waals surface area contributed by atoms with Crippen molar-refractivity contribution in [3.05, 3.63) is 47.7 Å². The Morgan fingerprint density at radius 3 is 2.55 bits per heavy atom. The number of carbonyl (C=O) groups excluding carboxylic acids is 1. The Morgan fingerprint density at radius 1 is 1.19 bits per heavy atom. The molecule has 0 aliphatic rings. The lowest BCUT2D eigenvalue weighted by Gasteiger charge is -2.17. The number of sulfone groups is 1. The van der Waals surface area contributed by atoms with Gasteiger partial charge in [0.15, 0.2) is 5.88 Å². The van der Waals surface area contributed by atoms with Crippen molar-refractivity contribution >= 4 is 26.6 Å². The summed E-state index contributed by atoms with van der Waals surface area (Å²) in [5.74, 6) is -0.519. The van der Waals surface area contributed by atoms with E-state index in [1.54, 1.807) is 24.4 Å². The summed E-state index contributed by atoms with van der Waals surface area (Å²) in [7, 11) is -3.15. The lowest BCUT2D eigenvalue weighted by atomic mass is 10.1. The lowest BCUT2D eigenvalue weighted by molar-refractivity contribution is 0.0956. The van der Waals surface area contributed by atoms with Gasteiger partial charge in [0.2, 0.25) is 0 Å². The van der Waals surface area contributed by atoms with Crippen molar-refractivity contribution < 1.29 is 18.3 Å². The molecule has 3 rings (SSSR count). The molecule has 0 fully saturated rings. The van der Waals surface area contributed by atoms with E-state index in [0.717, 1.165) is 31.5 Å². The second-order valence-electron chi connectivity index (χ2n) is 7.51. The summed E-state index contributed by atoms with van der Waals surface area (Å²) in [6.07, 6.45) is 2.92. The third-order valence-electron chi connectivity index (χ3n) is 5.18. The number of amides is 1. The van der Waals surface area contributed by atoms with Gasteiger partial charge in [-0.1, -0.05) is 19.9 Å². The molecule has 0 aliphatic carbocycles. The lowest BCUT2D eigenvalue weighted by Crippen LogP contribution is -2.28. The number of aromatic amines is 1. The number of nitrogens with zero attached hydrogens (tertiary/aromatic N) is 2. The van der Waals surface area contributed by atoms with Crippen LogP contribution < -0.4 is 5.32 Å². The molecule has 0 atom stereocenters. The van der Waals surface area contributed by atoms with Crippen molar-refractivity contribution in [2.45, 2.75) is 20.4 Å². The number of fused-ring (bicyclic) bond motifs is 1. The normalized spacial score (nSPS) is 11.9. The second-order valence-corrected chi connectivity index (χ2v) is 9.77. The SMILES string of the molecule is CCN(CC)Cc1ccc(-c2c(O)[nH]c3ccc(C(=O)NCCS(C)(=O)=O)cc23)nc1. The van der Waals surface area contributed by atoms with Crippen LogP contribution in [-0.4, -0.2) is 65.9 Å². The molecule has 2 heterocycles. The highest BCUT2D eigenvalue weighted by atomic mass is 32.2. The number of aromatic nitrogens is 2. The van der Waals surface area contributed by atoms with Gasteiger partial charge in [-0.05, 0) is 42.9 Å². The van der Waals surface area contributed by atoms with Crippen LogP contribution in [0, 0.1) is 0 Å². The Kier molecular flexibility index (Phi) is 6.97. The number of aromatic hydroxyl groups is 1. The summed E-state index contributed by atoms with van der Waals surface area (Å²) in [5, 5.41) is 13.7. The Morgan fingerprint density at radius 2 is 1.94 bits per heavy atom. The number of carbonyl (C=O) groups is 1. The largest absolute Gasteiger partial charge is 0.494 e. The monoisotopic (exact) mass is 444 g/mol. The molecule has 8 nitrogen and oxygen atoms in total. The first-order valence-corrected chi connectivity index (χ1v) is 12.3. The third kappa shape index (κ3) is 5.62. The van der Waals surface area contributed by atoms with E-state index >= 15 is 0 Å². The molecule has 0 radical (unpaired) electrons. The van der Waals surface area contributed by atoms with Crippen LogP contribution in [0.3, 0.4) is 0 Å². The van der Waals surface area contributed by atoms with Gasteiger partial charge < -0.3 is 15.4 Å². The first kappa shape index (κ1) is 22.8.